The van der Waals surface area contributed by atoms with E-state index in [9.17, 15) is 9.90 Å². The van der Waals surface area contributed by atoms with Crippen LogP contribution in [0.15, 0.2) is 48.7 Å². The number of nitrogens with zero attached hydrogens (tertiary/aromatic N) is 3. The van der Waals surface area contributed by atoms with Crippen LogP contribution in [0.1, 0.15) is 21.7 Å². The number of phenols is 1. The number of aromatic nitrogens is 2. The average Bonchev–Trinajstić information content (AvgIpc) is 3.11. The number of fused-ring (bicyclic) bond motifs is 1. The highest BCUT2D eigenvalue weighted by atomic mass is 16.5. The van der Waals surface area contributed by atoms with Gasteiger partial charge in [-0.2, -0.15) is 0 Å². The zero-order valence-corrected chi connectivity index (χ0v) is 15.7. The molecule has 28 heavy (non-hydrogen) atoms. The van der Waals surface area contributed by atoms with Crippen LogP contribution < -0.4 is 5.32 Å². The topological polar surface area (TPSA) is 79.1 Å². The number of phenolic OH excluding ortho intramolecular Hbond substituents is 1. The molecule has 0 spiro atoms. The van der Waals surface area contributed by atoms with Crippen LogP contribution in [-0.4, -0.2) is 58.1 Å². The third kappa shape index (κ3) is 4.00. The molecule has 1 fully saturated rings. The number of rotatable bonds is 6. The summed E-state index contributed by atoms with van der Waals surface area (Å²) >= 11 is 0. The van der Waals surface area contributed by atoms with E-state index in [1.165, 1.54) is 0 Å². The van der Waals surface area contributed by atoms with Crippen molar-refractivity contribution in [3.8, 4) is 5.75 Å². The van der Waals surface area contributed by atoms with Gasteiger partial charge >= 0.3 is 0 Å². The van der Waals surface area contributed by atoms with Gasteiger partial charge in [0.05, 0.1) is 18.9 Å². The average molecular weight is 380 g/mol. The van der Waals surface area contributed by atoms with Gasteiger partial charge in [0.2, 0.25) is 0 Å². The first kappa shape index (κ1) is 18.5. The van der Waals surface area contributed by atoms with E-state index in [1.807, 2.05) is 45.8 Å². The van der Waals surface area contributed by atoms with E-state index >= 15 is 0 Å². The number of nitrogens with one attached hydrogen (secondary N) is 1. The van der Waals surface area contributed by atoms with Crippen LogP contribution in [0.5, 0.6) is 5.75 Å². The molecular weight excluding hydrogens is 356 g/mol. The number of amides is 1. The van der Waals surface area contributed by atoms with Crippen molar-refractivity contribution in [2.24, 2.45) is 0 Å². The summed E-state index contributed by atoms with van der Waals surface area (Å²) in [6.45, 7) is 3.64. The normalized spacial score (nSPS) is 14.5. The number of hydrogen-bond donors (Lipinski definition) is 2. The Morgan fingerprint density at radius 1 is 1.14 bits per heavy atom. The van der Waals surface area contributed by atoms with Crippen molar-refractivity contribution in [1.82, 2.24) is 19.6 Å². The number of pyridine rings is 1. The van der Waals surface area contributed by atoms with Crippen LogP contribution in [0, 0.1) is 0 Å². The van der Waals surface area contributed by atoms with Crippen LogP contribution in [0.25, 0.3) is 5.65 Å². The number of morpholine rings is 1. The summed E-state index contributed by atoms with van der Waals surface area (Å²) in [7, 11) is 0. The van der Waals surface area contributed by atoms with Crippen LogP contribution in [0.2, 0.25) is 0 Å². The summed E-state index contributed by atoms with van der Waals surface area (Å²) in [5.74, 6) is 0.232. The number of ether oxygens (including phenoxy) is 1. The Morgan fingerprint density at radius 3 is 2.71 bits per heavy atom. The molecule has 0 bridgehead atoms. The second-order valence-corrected chi connectivity index (χ2v) is 6.83. The molecule has 146 valence electrons. The first-order valence-corrected chi connectivity index (χ1v) is 9.54. The predicted molar refractivity (Wildman–Crippen MR) is 105 cm³/mol. The summed E-state index contributed by atoms with van der Waals surface area (Å²) in [4.78, 5) is 19.4. The molecule has 0 radical (unpaired) electrons. The smallest absolute Gasteiger partial charge is 0.274 e. The van der Waals surface area contributed by atoms with Crippen molar-refractivity contribution in [1.29, 1.82) is 0 Å². The lowest BCUT2D eigenvalue weighted by molar-refractivity contribution is 0.0298. The number of carbonyl (C=O) groups excluding carboxylic acids is 1. The van der Waals surface area contributed by atoms with Gasteiger partial charge in [0, 0.05) is 25.8 Å². The third-order valence-electron chi connectivity index (χ3n) is 4.95. The van der Waals surface area contributed by atoms with Crippen molar-refractivity contribution >= 4 is 11.6 Å². The second-order valence-electron chi connectivity index (χ2n) is 6.83. The Balaban J connectivity index is 1.48. The lowest BCUT2D eigenvalue weighted by atomic mass is 10.1. The van der Waals surface area contributed by atoms with Crippen molar-refractivity contribution in [3.05, 3.63) is 65.6 Å². The first-order chi connectivity index (χ1) is 13.7. The quantitative estimate of drug-likeness (QED) is 0.638. The summed E-state index contributed by atoms with van der Waals surface area (Å²) in [5.41, 5.74) is 3.30. The molecule has 1 aliphatic rings. The van der Waals surface area contributed by atoms with E-state index in [1.54, 1.807) is 12.1 Å². The molecule has 1 saturated heterocycles. The minimum absolute atomic E-state index is 0.0395. The highest BCUT2D eigenvalue weighted by Crippen LogP contribution is 2.16. The molecule has 1 aliphatic heterocycles. The van der Waals surface area contributed by atoms with Gasteiger partial charge < -0.3 is 24.5 Å². The van der Waals surface area contributed by atoms with Gasteiger partial charge in [-0.05, 0) is 42.8 Å². The Kier molecular flexibility index (Phi) is 5.55. The minimum atomic E-state index is -0.0395. The number of hydrogen-bond acceptors (Lipinski definition) is 5. The van der Waals surface area contributed by atoms with Crippen molar-refractivity contribution in [3.63, 3.8) is 0 Å². The van der Waals surface area contributed by atoms with Gasteiger partial charge in [0.15, 0.2) is 5.69 Å². The van der Waals surface area contributed by atoms with Gasteiger partial charge in [-0.1, -0.05) is 18.2 Å². The van der Waals surface area contributed by atoms with Gasteiger partial charge in [-0.3, -0.25) is 4.79 Å². The van der Waals surface area contributed by atoms with Crippen LogP contribution in [-0.2, 0) is 17.7 Å². The molecule has 1 aromatic carbocycles. The fourth-order valence-electron chi connectivity index (χ4n) is 3.41. The highest BCUT2D eigenvalue weighted by Gasteiger charge is 2.25. The Labute approximate surface area is 163 Å². The maximum Gasteiger partial charge on any atom is 0.274 e. The molecule has 2 aromatic heterocycles. The van der Waals surface area contributed by atoms with E-state index in [4.69, 9.17) is 4.74 Å². The molecule has 4 rings (SSSR count). The van der Waals surface area contributed by atoms with Crippen LogP contribution in [0.4, 0.5) is 0 Å². The SMILES string of the molecule is O=C(c1nc2ccccn2c1CNCCc1ccc(O)cc1)N1CCOCC1. The largest absolute Gasteiger partial charge is 0.508 e. The van der Waals surface area contributed by atoms with E-state index in [0.29, 0.717) is 38.5 Å². The monoisotopic (exact) mass is 380 g/mol. The molecule has 3 heterocycles. The maximum absolute atomic E-state index is 13.0. The highest BCUT2D eigenvalue weighted by molar-refractivity contribution is 5.94. The second kappa shape index (κ2) is 8.41. The lowest BCUT2D eigenvalue weighted by Crippen LogP contribution is -2.41. The number of aromatic hydroxyl groups is 1. The Morgan fingerprint density at radius 2 is 1.93 bits per heavy atom. The summed E-state index contributed by atoms with van der Waals surface area (Å²) in [6, 6.07) is 13.0. The molecule has 0 aliphatic carbocycles. The number of carbonyl (C=O) groups is 1. The maximum atomic E-state index is 13.0. The summed E-state index contributed by atoms with van der Waals surface area (Å²) in [5, 5.41) is 12.8. The zero-order chi connectivity index (χ0) is 19.3. The zero-order valence-electron chi connectivity index (χ0n) is 15.7. The fourth-order valence-corrected chi connectivity index (χ4v) is 3.41. The fraction of sp³-hybridized carbons (Fsp3) is 0.333. The molecular formula is C21H24N4O3. The lowest BCUT2D eigenvalue weighted by Gasteiger charge is -2.26. The molecule has 3 aromatic rings. The third-order valence-corrected chi connectivity index (χ3v) is 4.95. The van der Waals surface area contributed by atoms with Gasteiger partial charge in [-0.25, -0.2) is 4.98 Å². The van der Waals surface area contributed by atoms with Crippen molar-refractivity contribution in [2.45, 2.75) is 13.0 Å². The van der Waals surface area contributed by atoms with E-state index in [-0.39, 0.29) is 11.7 Å². The Hall–Kier alpha value is -2.90. The first-order valence-electron chi connectivity index (χ1n) is 9.54. The van der Waals surface area contributed by atoms with Crippen molar-refractivity contribution < 1.29 is 14.6 Å². The minimum Gasteiger partial charge on any atom is -0.508 e. The molecule has 2 N–H and O–H groups in total. The Bertz CT molecular complexity index is 946. The van der Waals surface area contributed by atoms with Crippen LogP contribution in [0.3, 0.4) is 0 Å². The molecule has 1 amide bonds. The van der Waals surface area contributed by atoms with Crippen LogP contribution >= 0.6 is 0 Å². The van der Waals surface area contributed by atoms with E-state index < -0.39 is 0 Å². The van der Waals surface area contributed by atoms with Gasteiger partial charge in [0.25, 0.3) is 5.91 Å². The van der Waals surface area contributed by atoms with Gasteiger partial charge in [-0.15, -0.1) is 0 Å². The number of imidazole rings is 1. The molecule has 0 saturated carbocycles. The molecule has 7 heteroatoms. The molecule has 0 unspecified atom stereocenters. The summed E-state index contributed by atoms with van der Waals surface area (Å²) < 4.78 is 7.33. The standard InChI is InChI=1S/C21H24N4O3/c26-17-6-4-16(5-7-17)8-9-22-15-18-20(21(27)24-11-13-28-14-12-24)23-19-3-1-2-10-25(18)19/h1-7,10,22,26H,8-9,11-15H2. The van der Waals surface area contributed by atoms with E-state index in [0.717, 1.165) is 29.9 Å². The molecule has 0 atom stereocenters. The van der Waals surface area contributed by atoms with E-state index in [2.05, 4.69) is 10.3 Å². The van der Waals surface area contributed by atoms with Crippen molar-refractivity contribution in [2.75, 3.05) is 32.8 Å². The summed E-state index contributed by atoms with van der Waals surface area (Å²) in [6.07, 6.45) is 2.78. The molecule has 7 nitrogen and oxygen atoms in total. The predicted octanol–water partition coefficient (Wildman–Crippen LogP) is 1.84. The number of benzene rings is 1. The van der Waals surface area contributed by atoms with Gasteiger partial charge in [0.1, 0.15) is 11.4 Å².